The van der Waals surface area contributed by atoms with Gasteiger partial charge in [-0.25, -0.2) is 0 Å². The molecule has 2 aromatic carbocycles. The molecule has 0 spiro atoms. The molecular weight excluding hydrogens is 282 g/mol. The lowest BCUT2D eigenvalue weighted by molar-refractivity contribution is 0.191. The number of nitrogens with one attached hydrogen (secondary N) is 1. The van der Waals surface area contributed by atoms with Gasteiger partial charge in [-0.2, -0.15) is 5.26 Å². The minimum atomic E-state index is -0.657. The number of nitrogens with two attached hydrogens (primary N) is 1. The Balaban J connectivity index is 2.10. The summed E-state index contributed by atoms with van der Waals surface area (Å²) < 4.78 is 0. The van der Waals surface area contributed by atoms with Crippen molar-refractivity contribution in [1.29, 1.82) is 5.26 Å². The van der Waals surface area contributed by atoms with Gasteiger partial charge >= 0.3 is 0 Å². The van der Waals surface area contributed by atoms with Crippen molar-refractivity contribution >= 4 is 23.1 Å². The van der Waals surface area contributed by atoms with E-state index in [1.54, 1.807) is 24.3 Å². The topological polar surface area (TPSA) is 82.1 Å². The van der Waals surface area contributed by atoms with Crippen molar-refractivity contribution in [3.05, 3.63) is 53.6 Å². The molecule has 0 amide bonds. The van der Waals surface area contributed by atoms with Crippen LogP contribution in [0, 0.1) is 11.3 Å². The first-order valence-electron chi connectivity index (χ1n) is 6.50. The maximum Gasteiger partial charge on any atom is 0.102 e. The molecule has 21 heavy (non-hydrogen) atoms. The number of hydrogen-bond acceptors (Lipinski definition) is 5. The van der Waals surface area contributed by atoms with Gasteiger partial charge in [-0.3, -0.25) is 0 Å². The third kappa shape index (κ3) is 3.69. The number of anilines is 2. The quantitative estimate of drug-likeness (QED) is 0.584. The van der Waals surface area contributed by atoms with E-state index >= 15 is 0 Å². The molecule has 1 unspecified atom stereocenters. The second kappa shape index (κ2) is 7.02. The maximum atomic E-state index is 10.2. The number of nitrogens with zero attached hydrogens (tertiary/aromatic N) is 1. The Morgan fingerprint density at radius 1 is 1.29 bits per heavy atom. The first-order chi connectivity index (χ1) is 10.2. The van der Waals surface area contributed by atoms with Crippen LogP contribution in [0.5, 0.6) is 0 Å². The van der Waals surface area contributed by atoms with E-state index < -0.39 is 6.10 Å². The van der Waals surface area contributed by atoms with Crippen LogP contribution < -0.4 is 11.1 Å². The molecule has 108 valence electrons. The molecule has 4 nitrogen and oxygen atoms in total. The summed E-state index contributed by atoms with van der Waals surface area (Å²) in [5.74, 6) is 0. The van der Waals surface area contributed by atoms with E-state index in [2.05, 4.69) is 11.4 Å². The number of hydrogen-bond donors (Lipinski definition) is 3. The van der Waals surface area contributed by atoms with Crippen molar-refractivity contribution in [1.82, 2.24) is 0 Å². The minimum Gasteiger partial charge on any atom is -0.399 e. The van der Waals surface area contributed by atoms with Crippen LogP contribution >= 0.6 is 11.8 Å². The van der Waals surface area contributed by atoms with Gasteiger partial charge < -0.3 is 16.2 Å². The zero-order chi connectivity index (χ0) is 15.2. The minimum absolute atomic E-state index is 0.330. The van der Waals surface area contributed by atoms with Gasteiger partial charge in [-0.05, 0) is 36.1 Å². The van der Waals surface area contributed by atoms with Crippen molar-refractivity contribution in [3.63, 3.8) is 0 Å². The smallest absolute Gasteiger partial charge is 0.102 e. The van der Waals surface area contributed by atoms with Crippen LogP contribution in [-0.4, -0.2) is 17.9 Å². The highest BCUT2D eigenvalue weighted by Gasteiger charge is 2.10. The molecule has 2 rings (SSSR count). The van der Waals surface area contributed by atoms with Crippen LogP contribution in [0.1, 0.15) is 17.2 Å². The van der Waals surface area contributed by atoms with Crippen molar-refractivity contribution < 1.29 is 5.11 Å². The Kier molecular flexibility index (Phi) is 5.09. The SMILES string of the molecule is CSc1cccc(NCC(O)c2ccc(N)cc2)c1C#N. The van der Waals surface area contributed by atoms with Crippen LogP contribution in [0.25, 0.3) is 0 Å². The van der Waals surface area contributed by atoms with E-state index in [1.165, 1.54) is 11.8 Å². The predicted octanol–water partition coefficient (Wildman–Crippen LogP) is 3.01. The number of benzene rings is 2. The van der Waals surface area contributed by atoms with Crippen molar-refractivity contribution in [3.8, 4) is 6.07 Å². The summed E-state index contributed by atoms with van der Waals surface area (Å²) in [4.78, 5) is 0.921. The summed E-state index contributed by atoms with van der Waals surface area (Å²) in [6.45, 7) is 0.330. The number of rotatable bonds is 5. The largest absolute Gasteiger partial charge is 0.399 e. The Hall–Kier alpha value is -2.16. The third-order valence-corrected chi connectivity index (χ3v) is 3.95. The maximum absolute atomic E-state index is 10.2. The monoisotopic (exact) mass is 299 g/mol. The van der Waals surface area contributed by atoms with Gasteiger partial charge in [0.2, 0.25) is 0 Å². The van der Waals surface area contributed by atoms with Crippen molar-refractivity contribution in [2.75, 3.05) is 23.9 Å². The lowest BCUT2D eigenvalue weighted by Gasteiger charge is -2.15. The van der Waals surface area contributed by atoms with Gasteiger partial charge in [-0.1, -0.05) is 18.2 Å². The van der Waals surface area contributed by atoms with E-state index in [-0.39, 0.29) is 0 Å². The van der Waals surface area contributed by atoms with Gasteiger partial charge in [-0.15, -0.1) is 11.8 Å². The van der Waals surface area contributed by atoms with E-state index in [0.29, 0.717) is 17.8 Å². The first kappa shape index (κ1) is 15.2. The molecule has 0 heterocycles. The summed E-state index contributed by atoms with van der Waals surface area (Å²) in [7, 11) is 0. The standard InChI is InChI=1S/C16H17N3OS/c1-21-16-4-2-3-14(13(16)9-17)19-10-15(20)11-5-7-12(18)8-6-11/h2-8,15,19-20H,10,18H2,1H3. The molecule has 2 aromatic rings. The molecule has 0 aliphatic carbocycles. The molecule has 0 saturated heterocycles. The number of nitriles is 1. The molecule has 1 atom stereocenters. The molecule has 4 N–H and O–H groups in total. The Bertz CT molecular complexity index is 650. The van der Waals surface area contributed by atoms with Gasteiger partial charge in [0.1, 0.15) is 6.07 Å². The molecule has 0 aromatic heterocycles. The molecule has 0 saturated carbocycles. The first-order valence-corrected chi connectivity index (χ1v) is 7.72. The lowest BCUT2D eigenvalue weighted by atomic mass is 10.1. The molecular formula is C16H17N3OS. The average molecular weight is 299 g/mol. The molecule has 0 radical (unpaired) electrons. The Morgan fingerprint density at radius 2 is 2.00 bits per heavy atom. The molecule has 0 fully saturated rings. The Morgan fingerprint density at radius 3 is 2.62 bits per heavy atom. The van der Waals surface area contributed by atoms with Crippen LogP contribution in [-0.2, 0) is 0 Å². The number of thioether (sulfide) groups is 1. The summed E-state index contributed by atoms with van der Waals surface area (Å²) in [5, 5.41) is 22.6. The van der Waals surface area contributed by atoms with E-state index in [4.69, 9.17) is 5.73 Å². The van der Waals surface area contributed by atoms with Crippen molar-refractivity contribution in [2.45, 2.75) is 11.0 Å². The average Bonchev–Trinajstić information content (AvgIpc) is 2.52. The fraction of sp³-hybridized carbons (Fsp3) is 0.188. The molecule has 5 heteroatoms. The summed E-state index contributed by atoms with van der Waals surface area (Å²) in [5.41, 5.74) is 8.42. The van der Waals surface area contributed by atoms with Gasteiger partial charge in [0, 0.05) is 17.1 Å². The molecule has 0 aliphatic rings. The fourth-order valence-corrected chi connectivity index (χ4v) is 2.58. The normalized spacial score (nSPS) is 11.7. The summed E-state index contributed by atoms with van der Waals surface area (Å²) in [6.07, 6.45) is 1.28. The van der Waals surface area contributed by atoms with Crippen LogP contribution in [0.15, 0.2) is 47.4 Å². The Labute approximate surface area is 128 Å². The van der Waals surface area contributed by atoms with Gasteiger partial charge in [0.05, 0.1) is 17.4 Å². The van der Waals surface area contributed by atoms with E-state index in [9.17, 15) is 10.4 Å². The lowest BCUT2D eigenvalue weighted by Crippen LogP contribution is -2.13. The highest BCUT2D eigenvalue weighted by molar-refractivity contribution is 7.98. The zero-order valence-corrected chi connectivity index (χ0v) is 12.5. The number of nitrogen functional groups attached to an aromatic ring is 1. The molecule has 0 bridgehead atoms. The zero-order valence-electron chi connectivity index (χ0n) is 11.7. The number of aliphatic hydroxyl groups excluding tert-OH is 1. The number of aliphatic hydroxyl groups is 1. The van der Waals surface area contributed by atoms with Gasteiger partial charge in [0.15, 0.2) is 0 Å². The summed E-state index contributed by atoms with van der Waals surface area (Å²) >= 11 is 1.53. The van der Waals surface area contributed by atoms with Crippen LogP contribution in [0.3, 0.4) is 0 Å². The van der Waals surface area contributed by atoms with E-state index in [0.717, 1.165) is 16.1 Å². The third-order valence-electron chi connectivity index (χ3n) is 3.17. The predicted molar refractivity (Wildman–Crippen MR) is 87.2 cm³/mol. The van der Waals surface area contributed by atoms with E-state index in [1.807, 2.05) is 24.5 Å². The highest BCUT2D eigenvalue weighted by Crippen LogP contribution is 2.27. The van der Waals surface area contributed by atoms with Crippen LogP contribution in [0.2, 0.25) is 0 Å². The molecule has 0 aliphatic heterocycles. The second-order valence-electron chi connectivity index (χ2n) is 4.56. The van der Waals surface area contributed by atoms with Crippen molar-refractivity contribution in [2.24, 2.45) is 0 Å². The second-order valence-corrected chi connectivity index (χ2v) is 5.41. The summed E-state index contributed by atoms with van der Waals surface area (Å²) in [6, 6.07) is 15.0. The highest BCUT2D eigenvalue weighted by atomic mass is 32.2. The fourth-order valence-electron chi connectivity index (χ4n) is 2.01. The van der Waals surface area contributed by atoms with Gasteiger partial charge in [0.25, 0.3) is 0 Å². The van der Waals surface area contributed by atoms with Crippen LogP contribution in [0.4, 0.5) is 11.4 Å².